The van der Waals surface area contributed by atoms with E-state index in [9.17, 15) is 14.7 Å². The summed E-state index contributed by atoms with van der Waals surface area (Å²) in [4.78, 5) is 33.7. The van der Waals surface area contributed by atoms with E-state index in [1.807, 2.05) is 27.7 Å². The average molecular weight is 485 g/mol. The first-order chi connectivity index (χ1) is 16.7. The van der Waals surface area contributed by atoms with Gasteiger partial charge in [0.15, 0.2) is 0 Å². The number of rotatable bonds is 6. The first-order valence-electron chi connectivity index (χ1n) is 12.8. The van der Waals surface area contributed by atoms with E-state index < -0.39 is 0 Å². The van der Waals surface area contributed by atoms with E-state index in [1.165, 1.54) is 25.7 Å². The topological polar surface area (TPSA) is 95.0 Å². The maximum Gasteiger partial charge on any atom is 0.317 e. The fraction of sp³-hybridized carbons (Fsp3) is 0.667. The van der Waals surface area contributed by atoms with Crippen LogP contribution in [0, 0.1) is 23.7 Å². The summed E-state index contributed by atoms with van der Waals surface area (Å²) in [5.41, 5.74) is 1.01. The number of pyridine rings is 1. The van der Waals surface area contributed by atoms with Gasteiger partial charge in [-0.25, -0.2) is 9.78 Å². The van der Waals surface area contributed by atoms with Crippen molar-refractivity contribution < 1.29 is 19.4 Å². The largest absolute Gasteiger partial charge is 0.472 e. The number of likely N-dealkylation sites (N-methyl/N-ethyl adjacent to an activating group) is 1. The van der Waals surface area contributed by atoms with E-state index >= 15 is 0 Å². The summed E-state index contributed by atoms with van der Waals surface area (Å²) in [6.45, 7) is 8.20. The highest BCUT2D eigenvalue weighted by molar-refractivity contribution is 5.97. The lowest BCUT2D eigenvalue weighted by atomic mass is 10.00. The zero-order valence-corrected chi connectivity index (χ0v) is 21.7. The molecule has 1 aromatic rings. The molecule has 8 heteroatoms. The number of fused-ring (bicyclic) bond motifs is 1. The molecule has 0 spiro atoms. The summed E-state index contributed by atoms with van der Waals surface area (Å²) in [5.74, 6) is 7.01. The minimum absolute atomic E-state index is 0.0229. The molecular formula is C27H40N4O4. The third-order valence-electron chi connectivity index (χ3n) is 6.83. The SMILES string of the molecule is CC(C)NC(=O)N(C)C[C@@H]1Oc2ncc(C#CCC3CCCC3)cc2C(=O)N([C@H](C)CO)C[C@@H]1C. The molecule has 1 aliphatic heterocycles. The Morgan fingerprint density at radius 1 is 1.34 bits per heavy atom. The fourth-order valence-corrected chi connectivity index (χ4v) is 4.61. The molecule has 0 bridgehead atoms. The second-order valence-corrected chi connectivity index (χ2v) is 10.3. The van der Waals surface area contributed by atoms with Crippen molar-refractivity contribution in [3.05, 3.63) is 23.4 Å². The lowest BCUT2D eigenvalue weighted by Crippen LogP contribution is -2.51. The van der Waals surface area contributed by atoms with Gasteiger partial charge in [-0.3, -0.25) is 4.79 Å². The van der Waals surface area contributed by atoms with Crippen LogP contribution in [0.5, 0.6) is 5.88 Å². The summed E-state index contributed by atoms with van der Waals surface area (Å²) < 4.78 is 6.26. The highest BCUT2D eigenvalue weighted by Gasteiger charge is 2.34. The zero-order chi connectivity index (χ0) is 25.5. The Morgan fingerprint density at radius 2 is 2.06 bits per heavy atom. The molecule has 2 N–H and O–H groups in total. The van der Waals surface area contributed by atoms with Gasteiger partial charge in [0.2, 0.25) is 5.88 Å². The van der Waals surface area contributed by atoms with E-state index in [2.05, 4.69) is 22.1 Å². The number of ether oxygens (including phenoxy) is 1. The van der Waals surface area contributed by atoms with Gasteiger partial charge < -0.3 is 25.0 Å². The molecule has 35 heavy (non-hydrogen) atoms. The van der Waals surface area contributed by atoms with Crippen LogP contribution < -0.4 is 10.1 Å². The molecule has 0 saturated heterocycles. The van der Waals surface area contributed by atoms with Gasteiger partial charge in [0, 0.05) is 43.7 Å². The van der Waals surface area contributed by atoms with E-state index in [1.54, 1.807) is 29.1 Å². The van der Waals surface area contributed by atoms with Gasteiger partial charge in [-0.15, -0.1) is 0 Å². The smallest absolute Gasteiger partial charge is 0.317 e. The molecule has 3 atom stereocenters. The number of urea groups is 1. The van der Waals surface area contributed by atoms with Crippen LogP contribution in [0.4, 0.5) is 4.79 Å². The quantitative estimate of drug-likeness (QED) is 0.605. The van der Waals surface area contributed by atoms with E-state index in [0.717, 1.165) is 6.42 Å². The Hall–Kier alpha value is -2.79. The number of amides is 3. The van der Waals surface area contributed by atoms with Gasteiger partial charge in [-0.2, -0.15) is 0 Å². The van der Waals surface area contributed by atoms with Crippen LogP contribution in [-0.4, -0.2) is 76.8 Å². The van der Waals surface area contributed by atoms with E-state index in [0.29, 0.717) is 30.1 Å². The number of hydrogen-bond acceptors (Lipinski definition) is 5. The Labute approximate surface area is 209 Å². The maximum absolute atomic E-state index is 13.5. The number of aromatic nitrogens is 1. The summed E-state index contributed by atoms with van der Waals surface area (Å²) in [6.07, 6.45) is 7.16. The Bertz CT molecular complexity index is 948. The van der Waals surface area contributed by atoms with E-state index in [4.69, 9.17) is 4.74 Å². The second kappa shape index (κ2) is 12.3. The van der Waals surface area contributed by atoms with Crippen LogP contribution in [0.2, 0.25) is 0 Å². The van der Waals surface area contributed by atoms with Crippen LogP contribution in [0.1, 0.15) is 75.7 Å². The molecule has 0 radical (unpaired) electrons. The molecule has 1 aromatic heterocycles. The number of aliphatic hydroxyl groups excluding tert-OH is 1. The predicted octanol–water partition coefficient (Wildman–Crippen LogP) is 3.28. The standard InChI is InChI=1S/C27H40N4O4/c1-18(2)29-27(34)30(5)16-24-19(3)15-31(20(4)17-32)26(33)23-13-22(14-28-25(23)35-24)12-8-11-21-9-6-7-10-21/h13-14,18-21,24,32H,6-7,9-11,15-17H2,1-5H3,(H,29,34)/t19-,20+,24-/m0/s1. The summed E-state index contributed by atoms with van der Waals surface area (Å²) >= 11 is 0. The third-order valence-corrected chi connectivity index (χ3v) is 6.83. The molecule has 2 heterocycles. The van der Waals surface area contributed by atoms with Crippen molar-refractivity contribution in [2.45, 2.75) is 78.0 Å². The average Bonchev–Trinajstić information content (AvgIpc) is 3.34. The molecule has 1 aliphatic carbocycles. The number of nitrogens with one attached hydrogen (secondary N) is 1. The molecule has 3 amide bonds. The Balaban J connectivity index is 1.87. The minimum Gasteiger partial charge on any atom is -0.472 e. The first-order valence-corrected chi connectivity index (χ1v) is 12.8. The molecule has 8 nitrogen and oxygen atoms in total. The van der Waals surface area contributed by atoms with Crippen molar-refractivity contribution in [3.8, 4) is 17.7 Å². The van der Waals surface area contributed by atoms with Crippen molar-refractivity contribution >= 4 is 11.9 Å². The first kappa shape index (κ1) is 26.8. The second-order valence-electron chi connectivity index (χ2n) is 10.3. The monoisotopic (exact) mass is 484 g/mol. The zero-order valence-electron chi connectivity index (χ0n) is 21.7. The Morgan fingerprint density at radius 3 is 2.71 bits per heavy atom. The third kappa shape index (κ3) is 7.11. The predicted molar refractivity (Wildman–Crippen MR) is 135 cm³/mol. The Kier molecular flexibility index (Phi) is 9.39. The molecule has 0 aromatic carbocycles. The van der Waals surface area contributed by atoms with Crippen molar-refractivity contribution in [1.82, 2.24) is 20.1 Å². The number of nitrogens with zero attached hydrogens (tertiary/aromatic N) is 3. The van der Waals surface area contributed by atoms with Gasteiger partial charge in [-0.05, 0) is 45.6 Å². The van der Waals surface area contributed by atoms with Gasteiger partial charge in [0.05, 0.1) is 19.2 Å². The van der Waals surface area contributed by atoms with Gasteiger partial charge in [0.1, 0.15) is 11.7 Å². The molecule has 0 unspecified atom stereocenters. The lowest BCUT2D eigenvalue weighted by molar-refractivity contribution is 0.0351. The van der Waals surface area contributed by atoms with Gasteiger partial charge in [-0.1, -0.05) is 31.6 Å². The van der Waals surface area contributed by atoms with Crippen molar-refractivity contribution in [2.24, 2.45) is 11.8 Å². The number of hydrogen-bond donors (Lipinski definition) is 2. The van der Waals surface area contributed by atoms with Crippen LogP contribution in [0.3, 0.4) is 0 Å². The van der Waals surface area contributed by atoms with Gasteiger partial charge >= 0.3 is 6.03 Å². The maximum atomic E-state index is 13.5. The number of carbonyl (C=O) groups is 2. The van der Waals surface area contributed by atoms with Crippen LogP contribution in [0.25, 0.3) is 0 Å². The molecular weight excluding hydrogens is 444 g/mol. The normalized spacial score (nSPS) is 21.3. The van der Waals surface area contributed by atoms with Crippen LogP contribution >= 0.6 is 0 Å². The van der Waals surface area contributed by atoms with Gasteiger partial charge in [0.25, 0.3) is 5.91 Å². The number of aliphatic hydroxyl groups is 1. The number of carbonyl (C=O) groups excluding carboxylic acids is 2. The van der Waals surface area contributed by atoms with Crippen LogP contribution in [0.15, 0.2) is 12.3 Å². The lowest BCUT2D eigenvalue weighted by Gasteiger charge is -2.37. The molecule has 1 fully saturated rings. The summed E-state index contributed by atoms with van der Waals surface area (Å²) in [7, 11) is 1.73. The van der Waals surface area contributed by atoms with Crippen molar-refractivity contribution in [1.29, 1.82) is 0 Å². The summed E-state index contributed by atoms with van der Waals surface area (Å²) in [6, 6.07) is 1.21. The highest BCUT2D eigenvalue weighted by Crippen LogP contribution is 2.28. The molecule has 1 saturated carbocycles. The van der Waals surface area contributed by atoms with Crippen LogP contribution in [-0.2, 0) is 0 Å². The van der Waals surface area contributed by atoms with Crippen molar-refractivity contribution in [3.63, 3.8) is 0 Å². The minimum atomic E-state index is -0.384. The molecule has 2 aliphatic rings. The molecule has 192 valence electrons. The summed E-state index contributed by atoms with van der Waals surface area (Å²) in [5, 5.41) is 12.7. The highest BCUT2D eigenvalue weighted by atomic mass is 16.5. The van der Waals surface area contributed by atoms with E-state index in [-0.39, 0.29) is 48.5 Å². The molecule has 3 rings (SSSR count). The fourth-order valence-electron chi connectivity index (χ4n) is 4.61. The van der Waals surface area contributed by atoms with Crippen molar-refractivity contribution in [2.75, 3.05) is 26.7 Å².